The molecule has 2 aromatic carbocycles. The molecule has 0 bridgehead atoms. The first-order valence-corrected chi connectivity index (χ1v) is 7.45. The minimum Gasteiger partial charge on any atom is -0.477 e. The third kappa shape index (κ3) is 2.17. The van der Waals surface area contributed by atoms with E-state index in [0.717, 1.165) is 22.3 Å². The summed E-state index contributed by atoms with van der Waals surface area (Å²) >= 11 is 0. The minimum atomic E-state index is 0.236. The Kier molecular flexibility index (Phi) is 3.12. The van der Waals surface area contributed by atoms with Gasteiger partial charge in [-0.05, 0) is 13.0 Å². The molecule has 0 saturated heterocycles. The molecular weight excluding hydrogens is 288 g/mol. The van der Waals surface area contributed by atoms with Crippen molar-refractivity contribution in [3.8, 4) is 0 Å². The number of nitrogens with zero attached hydrogens (tertiary/aromatic N) is 3. The smallest absolute Gasteiger partial charge is 0.223 e. The summed E-state index contributed by atoms with van der Waals surface area (Å²) in [4.78, 5) is 13.4. The van der Waals surface area contributed by atoms with E-state index in [1.807, 2.05) is 55.5 Å². The summed E-state index contributed by atoms with van der Waals surface area (Å²) in [7, 11) is 0. The van der Waals surface area contributed by atoms with Crippen LogP contribution >= 0.6 is 0 Å². The number of aliphatic imine (C=N–C) groups is 3. The summed E-state index contributed by atoms with van der Waals surface area (Å²) < 4.78 is 5.60. The lowest BCUT2D eigenvalue weighted by Crippen LogP contribution is -2.03. The standard InChI is InChI=1S/C18H14N4O/c1-2-23-18-14-10-6-5-9-13(14)17(22-18)21-16-12-8-4-3-7-11(12)15(19)20-16/h3-10,19H,2H2,1H3. The quantitative estimate of drug-likeness (QED) is 0.864. The topological polar surface area (TPSA) is 70.2 Å². The summed E-state index contributed by atoms with van der Waals surface area (Å²) in [5.41, 5.74) is 3.53. The van der Waals surface area contributed by atoms with Gasteiger partial charge in [0.2, 0.25) is 5.90 Å². The van der Waals surface area contributed by atoms with Gasteiger partial charge in [0.25, 0.3) is 0 Å². The molecule has 5 heteroatoms. The fourth-order valence-corrected chi connectivity index (χ4v) is 2.71. The second-order valence-electron chi connectivity index (χ2n) is 5.16. The van der Waals surface area contributed by atoms with Gasteiger partial charge in [0.05, 0.1) is 6.61 Å². The van der Waals surface area contributed by atoms with E-state index in [1.165, 1.54) is 0 Å². The van der Waals surface area contributed by atoms with Crippen molar-refractivity contribution in [3.05, 3.63) is 70.8 Å². The lowest BCUT2D eigenvalue weighted by atomic mass is 10.1. The SMILES string of the molecule is CCOC1=NC(=NC2=NC(=N)c3ccccc32)c2ccccc21. The number of hydrogen-bond acceptors (Lipinski definition) is 3. The summed E-state index contributed by atoms with van der Waals surface area (Å²) in [6.07, 6.45) is 0. The molecule has 23 heavy (non-hydrogen) atoms. The Labute approximate surface area is 133 Å². The van der Waals surface area contributed by atoms with Gasteiger partial charge in [0, 0.05) is 22.3 Å². The highest BCUT2D eigenvalue weighted by Crippen LogP contribution is 2.23. The molecule has 2 aliphatic heterocycles. The fourth-order valence-electron chi connectivity index (χ4n) is 2.71. The van der Waals surface area contributed by atoms with Gasteiger partial charge in [0.15, 0.2) is 17.5 Å². The molecule has 112 valence electrons. The maximum Gasteiger partial charge on any atom is 0.223 e. The van der Waals surface area contributed by atoms with Crippen LogP contribution in [0.3, 0.4) is 0 Å². The molecule has 0 radical (unpaired) electrons. The first-order valence-electron chi connectivity index (χ1n) is 7.45. The molecule has 0 saturated carbocycles. The molecular formula is C18H14N4O. The first kappa shape index (κ1) is 13.6. The van der Waals surface area contributed by atoms with E-state index in [2.05, 4.69) is 15.0 Å². The molecule has 0 fully saturated rings. The van der Waals surface area contributed by atoms with Gasteiger partial charge in [0.1, 0.15) is 0 Å². The van der Waals surface area contributed by atoms with Crippen LogP contribution in [0.2, 0.25) is 0 Å². The van der Waals surface area contributed by atoms with E-state index < -0.39 is 0 Å². The van der Waals surface area contributed by atoms with E-state index in [4.69, 9.17) is 10.1 Å². The monoisotopic (exact) mass is 302 g/mol. The third-order valence-corrected chi connectivity index (χ3v) is 3.74. The van der Waals surface area contributed by atoms with Gasteiger partial charge in [-0.25, -0.2) is 9.98 Å². The molecule has 2 heterocycles. The zero-order chi connectivity index (χ0) is 15.8. The number of rotatable bonds is 1. The number of ether oxygens (including phenoxy) is 1. The highest BCUT2D eigenvalue weighted by atomic mass is 16.5. The molecule has 0 aliphatic carbocycles. The van der Waals surface area contributed by atoms with Gasteiger partial charge < -0.3 is 4.74 Å². The molecule has 0 aromatic heterocycles. The average molecular weight is 302 g/mol. The third-order valence-electron chi connectivity index (χ3n) is 3.74. The summed E-state index contributed by atoms with van der Waals surface area (Å²) in [5.74, 6) is 1.92. The van der Waals surface area contributed by atoms with Gasteiger partial charge in [-0.15, -0.1) is 0 Å². The Morgan fingerprint density at radius 1 is 0.913 bits per heavy atom. The van der Waals surface area contributed by atoms with Crippen LogP contribution in [-0.4, -0.2) is 30.0 Å². The second kappa shape index (κ2) is 5.28. The Morgan fingerprint density at radius 2 is 1.57 bits per heavy atom. The van der Waals surface area contributed by atoms with Crippen molar-refractivity contribution in [2.75, 3.05) is 6.61 Å². The first-order chi connectivity index (χ1) is 11.3. The zero-order valence-corrected chi connectivity index (χ0v) is 12.6. The lowest BCUT2D eigenvalue weighted by Gasteiger charge is -2.02. The van der Waals surface area contributed by atoms with Crippen molar-refractivity contribution in [2.45, 2.75) is 6.92 Å². The maximum atomic E-state index is 7.97. The predicted octanol–water partition coefficient (Wildman–Crippen LogP) is 3.02. The molecule has 4 rings (SSSR count). The Bertz CT molecular complexity index is 909. The highest BCUT2D eigenvalue weighted by molar-refractivity contribution is 6.28. The number of hydrogen-bond donors (Lipinski definition) is 1. The Hall–Kier alpha value is -3.08. The molecule has 0 atom stereocenters. The van der Waals surface area contributed by atoms with Crippen LogP contribution in [0, 0.1) is 5.41 Å². The zero-order valence-electron chi connectivity index (χ0n) is 12.6. The van der Waals surface area contributed by atoms with Gasteiger partial charge >= 0.3 is 0 Å². The normalized spacial score (nSPS) is 16.9. The predicted molar refractivity (Wildman–Crippen MR) is 90.9 cm³/mol. The number of nitrogens with one attached hydrogen (secondary N) is 1. The summed E-state index contributed by atoms with van der Waals surface area (Å²) in [6, 6.07) is 15.5. The average Bonchev–Trinajstić information content (AvgIpc) is 3.08. The van der Waals surface area contributed by atoms with Crippen LogP contribution < -0.4 is 0 Å². The fraction of sp³-hybridized carbons (Fsp3) is 0.111. The number of fused-ring (bicyclic) bond motifs is 2. The Morgan fingerprint density at radius 3 is 2.30 bits per heavy atom. The van der Waals surface area contributed by atoms with E-state index >= 15 is 0 Å². The number of amidine groups is 3. The van der Waals surface area contributed by atoms with Crippen LogP contribution in [0.25, 0.3) is 0 Å². The van der Waals surface area contributed by atoms with E-state index in [9.17, 15) is 0 Å². The molecule has 2 aromatic rings. The van der Waals surface area contributed by atoms with E-state index in [1.54, 1.807) is 0 Å². The Balaban J connectivity index is 1.81. The minimum absolute atomic E-state index is 0.236. The van der Waals surface area contributed by atoms with Gasteiger partial charge in [-0.2, -0.15) is 4.99 Å². The van der Waals surface area contributed by atoms with Crippen molar-refractivity contribution in [1.29, 1.82) is 5.41 Å². The van der Waals surface area contributed by atoms with Crippen molar-refractivity contribution in [3.63, 3.8) is 0 Å². The van der Waals surface area contributed by atoms with Crippen LogP contribution in [0.5, 0.6) is 0 Å². The van der Waals surface area contributed by atoms with E-state index in [-0.39, 0.29) is 5.84 Å². The van der Waals surface area contributed by atoms with Crippen LogP contribution in [0.4, 0.5) is 0 Å². The van der Waals surface area contributed by atoms with Crippen LogP contribution in [0.1, 0.15) is 29.2 Å². The summed E-state index contributed by atoms with van der Waals surface area (Å²) in [5, 5.41) is 7.97. The van der Waals surface area contributed by atoms with Crippen LogP contribution in [-0.2, 0) is 4.74 Å². The van der Waals surface area contributed by atoms with Crippen LogP contribution in [0.15, 0.2) is 63.5 Å². The van der Waals surface area contributed by atoms with Crippen molar-refractivity contribution in [2.24, 2.45) is 15.0 Å². The van der Waals surface area contributed by atoms with Gasteiger partial charge in [-0.1, -0.05) is 42.5 Å². The molecule has 0 amide bonds. The molecule has 1 N–H and O–H groups in total. The second-order valence-corrected chi connectivity index (χ2v) is 5.16. The van der Waals surface area contributed by atoms with Crippen molar-refractivity contribution >= 4 is 23.4 Å². The molecule has 2 aliphatic rings. The van der Waals surface area contributed by atoms with Crippen molar-refractivity contribution in [1.82, 2.24) is 0 Å². The summed E-state index contributed by atoms with van der Waals surface area (Å²) in [6.45, 7) is 2.48. The molecule has 0 unspecified atom stereocenters. The van der Waals surface area contributed by atoms with E-state index in [0.29, 0.717) is 24.2 Å². The molecule has 5 nitrogen and oxygen atoms in total. The van der Waals surface area contributed by atoms with Gasteiger partial charge in [-0.3, -0.25) is 5.41 Å². The lowest BCUT2D eigenvalue weighted by molar-refractivity contribution is 0.330. The molecule has 0 spiro atoms. The maximum absolute atomic E-state index is 7.97. The number of benzene rings is 2. The highest BCUT2D eigenvalue weighted by Gasteiger charge is 2.25. The van der Waals surface area contributed by atoms with Crippen molar-refractivity contribution < 1.29 is 4.74 Å². The largest absolute Gasteiger partial charge is 0.477 e.